The van der Waals surface area contributed by atoms with Crippen LogP contribution in [0.25, 0.3) is 0 Å². The van der Waals surface area contributed by atoms with Crippen LogP contribution in [0.3, 0.4) is 0 Å². The molecule has 1 fully saturated rings. The van der Waals surface area contributed by atoms with E-state index in [0.717, 1.165) is 0 Å². The van der Waals surface area contributed by atoms with Crippen LogP contribution in [0.15, 0.2) is 17.0 Å². The lowest BCUT2D eigenvalue weighted by Gasteiger charge is -2.23. The predicted octanol–water partition coefficient (Wildman–Crippen LogP) is 1.31. The average Bonchev–Trinajstić information content (AvgIpc) is 2.43. The predicted molar refractivity (Wildman–Crippen MR) is 78.1 cm³/mol. The lowest BCUT2D eigenvalue weighted by atomic mass is 10.1. The van der Waals surface area contributed by atoms with Crippen molar-refractivity contribution in [2.45, 2.75) is 37.2 Å². The zero-order valence-corrected chi connectivity index (χ0v) is 13.1. The molecular formula is C14H21FN2O3S. The number of sulfonamides is 1. The normalized spacial score (nSPS) is 17.1. The highest BCUT2D eigenvalue weighted by Gasteiger charge is 2.25. The Morgan fingerprint density at radius 2 is 2.00 bits per heavy atom. The van der Waals surface area contributed by atoms with Gasteiger partial charge in [-0.05, 0) is 44.5 Å². The first-order chi connectivity index (χ1) is 9.94. The molecule has 1 aromatic carbocycles. The van der Waals surface area contributed by atoms with Crippen molar-refractivity contribution in [3.63, 3.8) is 0 Å². The van der Waals surface area contributed by atoms with Crippen molar-refractivity contribution < 1.29 is 17.5 Å². The monoisotopic (exact) mass is 316 g/mol. The summed E-state index contributed by atoms with van der Waals surface area (Å²) in [5, 5.41) is 2.89. The molecule has 1 saturated heterocycles. The molecule has 118 valence electrons. The maximum absolute atomic E-state index is 13.9. The van der Waals surface area contributed by atoms with E-state index >= 15 is 0 Å². The van der Waals surface area contributed by atoms with Gasteiger partial charge in [-0.1, -0.05) is 0 Å². The summed E-state index contributed by atoms with van der Waals surface area (Å²) < 4.78 is 46.8. The van der Waals surface area contributed by atoms with Gasteiger partial charge in [-0.25, -0.2) is 17.5 Å². The number of nitrogens with one attached hydrogen (secondary N) is 2. The Labute approximate surface area is 124 Å². The minimum absolute atomic E-state index is 0.0132. The van der Waals surface area contributed by atoms with Crippen molar-refractivity contribution in [2.24, 2.45) is 0 Å². The van der Waals surface area contributed by atoms with Crippen LogP contribution in [-0.2, 0) is 21.3 Å². The molecule has 5 nitrogen and oxygen atoms in total. The summed E-state index contributed by atoms with van der Waals surface area (Å²) in [5.74, 6) is -0.505. The van der Waals surface area contributed by atoms with Crippen molar-refractivity contribution in [3.05, 3.63) is 29.1 Å². The van der Waals surface area contributed by atoms with Gasteiger partial charge in [0.1, 0.15) is 5.82 Å². The molecule has 0 radical (unpaired) electrons. The minimum atomic E-state index is -3.73. The van der Waals surface area contributed by atoms with E-state index in [0.29, 0.717) is 38.2 Å². The maximum Gasteiger partial charge on any atom is 0.241 e. The minimum Gasteiger partial charge on any atom is -0.381 e. The second-order valence-electron chi connectivity index (χ2n) is 5.24. The molecule has 1 aliphatic heterocycles. The summed E-state index contributed by atoms with van der Waals surface area (Å²) in [6.45, 7) is 2.98. The Morgan fingerprint density at radius 1 is 1.33 bits per heavy atom. The lowest BCUT2D eigenvalue weighted by Crippen LogP contribution is -2.39. The van der Waals surface area contributed by atoms with Gasteiger partial charge in [0.2, 0.25) is 10.0 Å². The topological polar surface area (TPSA) is 67.4 Å². The summed E-state index contributed by atoms with van der Waals surface area (Å²) in [5.41, 5.74) is 0.752. The first-order valence-electron chi connectivity index (χ1n) is 6.97. The Hall–Kier alpha value is -1.02. The lowest BCUT2D eigenvalue weighted by molar-refractivity contribution is 0.0832. The number of ether oxygens (including phenoxy) is 1. The SMILES string of the molecule is CNCc1cc(F)c(C)c(S(=O)(=O)NC2CCOCC2)c1. The molecule has 0 amide bonds. The van der Waals surface area contributed by atoms with Crippen LogP contribution in [0.2, 0.25) is 0 Å². The molecule has 1 heterocycles. The molecule has 0 saturated carbocycles. The molecule has 2 rings (SSSR count). The van der Waals surface area contributed by atoms with Crippen molar-refractivity contribution in [2.75, 3.05) is 20.3 Å². The van der Waals surface area contributed by atoms with Gasteiger partial charge in [0.15, 0.2) is 0 Å². The number of benzene rings is 1. The molecule has 0 atom stereocenters. The first-order valence-corrected chi connectivity index (χ1v) is 8.46. The van der Waals surface area contributed by atoms with Gasteiger partial charge in [-0.2, -0.15) is 0 Å². The fourth-order valence-corrected chi connectivity index (χ4v) is 4.00. The molecule has 0 unspecified atom stereocenters. The van der Waals surface area contributed by atoms with E-state index in [2.05, 4.69) is 10.0 Å². The van der Waals surface area contributed by atoms with Crippen LogP contribution in [0.5, 0.6) is 0 Å². The highest BCUT2D eigenvalue weighted by atomic mass is 32.2. The average molecular weight is 316 g/mol. The van der Waals surface area contributed by atoms with Gasteiger partial charge in [0, 0.05) is 31.4 Å². The second kappa shape index (κ2) is 6.83. The molecule has 0 aromatic heterocycles. The Morgan fingerprint density at radius 3 is 2.62 bits per heavy atom. The molecule has 21 heavy (non-hydrogen) atoms. The smallest absolute Gasteiger partial charge is 0.241 e. The van der Waals surface area contributed by atoms with Gasteiger partial charge in [-0.15, -0.1) is 0 Å². The van der Waals surface area contributed by atoms with E-state index in [1.807, 2.05) is 0 Å². The molecule has 1 aliphatic rings. The van der Waals surface area contributed by atoms with Gasteiger partial charge in [0.25, 0.3) is 0 Å². The van der Waals surface area contributed by atoms with Crippen LogP contribution < -0.4 is 10.0 Å². The van der Waals surface area contributed by atoms with E-state index in [1.165, 1.54) is 19.1 Å². The number of halogens is 1. The van der Waals surface area contributed by atoms with Crippen molar-refractivity contribution in [1.82, 2.24) is 10.0 Å². The number of hydrogen-bond donors (Lipinski definition) is 2. The van der Waals surface area contributed by atoms with Gasteiger partial charge in [0.05, 0.1) is 4.90 Å². The molecule has 0 aliphatic carbocycles. The third kappa shape index (κ3) is 4.00. The Balaban J connectivity index is 2.29. The van der Waals surface area contributed by atoms with Crippen LogP contribution in [-0.4, -0.2) is 34.7 Å². The first kappa shape index (κ1) is 16.4. The quantitative estimate of drug-likeness (QED) is 0.859. The fourth-order valence-electron chi connectivity index (χ4n) is 2.39. The van der Waals surface area contributed by atoms with E-state index in [-0.39, 0.29) is 16.5 Å². The van der Waals surface area contributed by atoms with E-state index < -0.39 is 15.8 Å². The van der Waals surface area contributed by atoms with E-state index in [4.69, 9.17) is 4.74 Å². The summed E-state index contributed by atoms with van der Waals surface area (Å²) in [6, 6.07) is 2.73. The molecule has 0 spiro atoms. The van der Waals surface area contributed by atoms with Gasteiger partial charge < -0.3 is 10.1 Å². The zero-order valence-electron chi connectivity index (χ0n) is 12.3. The summed E-state index contributed by atoms with van der Waals surface area (Å²) in [4.78, 5) is 0.0132. The van der Waals surface area contributed by atoms with Crippen LogP contribution >= 0.6 is 0 Å². The Bertz CT molecular complexity index is 598. The summed E-state index contributed by atoms with van der Waals surface area (Å²) >= 11 is 0. The van der Waals surface area contributed by atoms with E-state index in [9.17, 15) is 12.8 Å². The Kier molecular flexibility index (Phi) is 5.32. The summed E-state index contributed by atoms with van der Waals surface area (Å²) in [6.07, 6.45) is 1.27. The van der Waals surface area contributed by atoms with Crippen molar-refractivity contribution >= 4 is 10.0 Å². The van der Waals surface area contributed by atoms with E-state index in [1.54, 1.807) is 7.05 Å². The summed E-state index contributed by atoms with van der Waals surface area (Å²) in [7, 11) is -2.00. The highest BCUT2D eigenvalue weighted by molar-refractivity contribution is 7.89. The fraction of sp³-hybridized carbons (Fsp3) is 0.571. The van der Waals surface area contributed by atoms with Gasteiger partial charge >= 0.3 is 0 Å². The number of rotatable bonds is 5. The number of hydrogen-bond acceptors (Lipinski definition) is 4. The van der Waals surface area contributed by atoms with Crippen LogP contribution in [0.4, 0.5) is 4.39 Å². The third-order valence-electron chi connectivity index (χ3n) is 3.57. The molecule has 1 aromatic rings. The molecule has 0 bridgehead atoms. The molecular weight excluding hydrogens is 295 g/mol. The second-order valence-corrected chi connectivity index (χ2v) is 6.92. The van der Waals surface area contributed by atoms with Gasteiger partial charge in [-0.3, -0.25) is 0 Å². The highest BCUT2D eigenvalue weighted by Crippen LogP contribution is 2.22. The maximum atomic E-state index is 13.9. The van der Waals surface area contributed by atoms with Crippen LogP contribution in [0.1, 0.15) is 24.0 Å². The standard InChI is InChI=1S/C14H21FN2O3S/c1-10-13(15)7-11(9-16-2)8-14(10)21(18,19)17-12-3-5-20-6-4-12/h7-8,12,16-17H,3-6,9H2,1-2H3. The van der Waals surface area contributed by atoms with Crippen molar-refractivity contribution in [3.8, 4) is 0 Å². The largest absolute Gasteiger partial charge is 0.381 e. The van der Waals surface area contributed by atoms with Crippen molar-refractivity contribution in [1.29, 1.82) is 0 Å². The van der Waals surface area contributed by atoms with Crippen LogP contribution in [0, 0.1) is 12.7 Å². The zero-order chi connectivity index (χ0) is 15.5. The third-order valence-corrected chi connectivity index (χ3v) is 5.22. The molecule has 2 N–H and O–H groups in total. The molecule has 7 heteroatoms.